The normalized spacial score (nSPS) is 17.9. The number of rotatable bonds is 8. The minimum Gasteiger partial charge on any atom is -0.358 e. The average Bonchev–Trinajstić information content (AvgIpc) is 3.33. The highest BCUT2D eigenvalue weighted by Crippen LogP contribution is 2.47. The molecule has 9 heteroatoms. The van der Waals surface area contributed by atoms with Gasteiger partial charge < -0.3 is 15.5 Å². The molecule has 1 aliphatic heterocycles. The molecule has 0 bridgehead atoms. The van der Waals surface area contributed by atoms with E-state index in [4.69, 9.17) is 0 Å². The molecular formula is C35H33F3N4O2. The van der Waals surface area contributed by atoms with Crippen molar-refractivity contribution < 1.29 is 22.8 Å². The Balaban J connectivity index is 1.35. The topological polar surface area (TPSA) is 74.3 Å². The zero-order chi connectivity index (χ0) is 30.8. The molecule has 3 aromatic carbocycles. The summed E-state index contributed by atoms with van der Waals surface area (Å²) in [6, 6.07) is 18.6. The van der Waals surface area contributed by atoms with E-state index in [0.717, 1.165) is 37.4 Å². The van der Waals surface area contributed by atoms with Crippen LogP contribution in [0.3, 0.4) is 0 Å². The van der Waals surface area contributed by atoms with E-state index < -0.39 is 29.4 Å². The fourth-order valence-electron chi connectivity index (χ4n) is 6.81. The summed E-state index contributed by atoms with van der Waals surface area (Å²) in [4.78, 5) is 32.9. The molecule has 1 aliphatic carbocycles. The second-order valence-corrected chi connectivity index (χ2v) is 11.5. The molecule has 1 saturated carbocycles. The largest absolute Gasteiger partial charge is 0.358 e. The number of anilines is 1. The van der Waals surface area contributed by atoms with Crippen molar-refractivity contribution in [2.45, 2.75) is 50.1 Å². The molecule has 1 fully saturated rings. The molecule has 3 atom stereocenters. The van der Waals surface area contributed by atoms with Crippen molar-refractivity contribution in [2.24, 2.45) is 0 Å². The molecule has 1 aromatic heterocycles. The van der Waals surface area contributed by atoms with Gasteiger partial charge in [-0.15, -0.1) is 0 Å². The van der Waals surface area contributed by atoms with Gasteiger partial charge in [0.15, 0.2) is 0 Å². The number of nitrogens with zero attached hydrogens (tertiary/aromatic N) is 2. The molecule has 0 spiro atoms. The molecule has 2 heterocycles. The van der Waals surface area contributed by atoms with Gasteiger partial charge in [0.05, 0.1) is 23.8 Å². The predicted molar refractivity (Wildman–Crippen MR) is 163 cm³/mol. The molecule has 0 radical (unpaired) electrons. The molecule has 6 rings (SSSR count). The molecule has 2 N–H and O–H groups in total. The fraction of sp³-hybridized carbons (Fsp3) is 0.286. The fourth-order valence-corrected chi connectivity index (χ4v) is 6.81. The number of carbonyl (C=O) groups excluding carboxylic acids is 2. The van der Waals surface area contributed by atoms with E-state index in [9.17, 15) is 22.8 Å². The van der Waals surface area contributed by atoms with Crippen molar-refractivity contribution in [3.05, 3.63) is 119 Å². The molecule has 226 valence electrons. The summed E-state index contributed by atoms with van der Waals surface area (Å²) in [6.07, 6.45) is 5.97. The third kappa shape index (κ3) is 5.91. The van der Waals surface area contributed by atoms with Gasteiger partial charge >= 0.3 is 0 Å². The first-order valence-corrected chi connectivity index (χ1v) is 14.9. The van der Waals surface area contributed by atoms with Crippen LogP contribution >= 0.6 is 0 Å². The molecule has 4 aromatic rings. The average molecular weight is 599 g/mol. The summed E-state index contributed by atoms with van der Waals surface area (Å²) in [5.74, 6) is -2.58. The van der Waals surface area contributed by atoms with E-state index in [0.29, 0.717) is 28.3 Å². The van der Waals surface area contributed by atoms with E-state index in [1.165, 1.54) is 42.9 Å². The Morgan fingerprint density at radius 3 is 2.52 bits per heavy atom. The summed E-state index contributed by atoms with van der Waals surface area (Å²) in [5.41, 5.74) is 4.03. The second-order valence-electron chi connectivity index (χ2n) is 11.5. The first-order chi connectivity index (χ1) is 21.3. The Labute approximate surface area is 254 Å². The molecule has 2 aliphatic rings. The number of halogens is 3. The smallest absolute Gasteiger partial charge is 0.254 e. The quantitative estimate of drug-likeness (QED) is 0.244. The molecule has 0 saturated heterocycles. The Morgan fingerprint density at radius 2 is 1.73 bits per heavy atom. The van der Waals surface area contributed by atoms with Crippen LogP contribution in [0.1, 0.15) is 64.8 Å². The molecule has 2 unspecified atom stereocenters. The highest BCUT2D eigenvalue weighted by molar-refractivity contribution is 5.95. The van der Waals surface area contributed by atoms with E-state index in [2.05, 4.69) is 32.7 Å². The zero-order valence-corrected chi connectivity index (χ0v) is 24.3. The number of hydrogen-bond donors (Lipinski definition) is 2. The van der Waals surface area contributed by atoms with E-state index in [1.54, 1.807) is 18.3 Å². The lowest BCUT2D eigenvalue weighted by molar-refractivity contribution is -0.120. The van der Waals surface area contributed by atoms with Crippen molar-refractivity contribution in [2.75, 3.05) is 18.5 Å². The maximum Gasteiger partial charge on any atom is 0.254 e. The van der Waals surface area contributed by atoms with Gasteiger partial charge in [-0.25, -0.2) is 13.2 Å². The van der Waals surface area contributed by atoms with Gasteiger partial charge in [-0.1, -0.05) is 43.2 Å². The lowest BCUT2D eigenvalue weighted by Gasteiger charge is -2.33. The van der Waals surface area contributed by atoms with E-state index in [-0.39, 0.29) is 30.5 Å². The third-order valence-corrected chi connectivity index (χ3v) is 8.70. The Kier molecular flexibility index (Phi) is 8.37. The minimum atomic E-state index is -0.784. The van der Waals surface area contributed by atoms with Crippen molar-refractivity contribution >= 4 is 17.5 Å². The summed E-state index contributed by atoms with van der Waals surface area (Å²) in [5, 5.41) is 5.54. The van der Waals surface area contributed by atoms with E-state index >= 15 is 0 Å². The monoisotopic (exact) mass is 598 g/mol. The van der Waals surface area contributed by atoms with Crippen LogP contribution in [0, 0.1) is 17.5 Å². The summed E-state index contributed by atoms with van der Waals surface area (Å²) in [7, 11) is 1.42. The zero-order valence-electron chi connectivity index (χ0n) is 24.3. The van der Waals surface area contributed by atoms with Crippen molar-refractivity contribution in [3.8, 4) is 11.1 Å². The van der Waals surface area contributed by atoms with Crippen molar-refractivity contribution in [3.63, 3.8) is 0 Å². The number of pyridine rings is 1. The predicted octanol–water partition coefficient (Wildman–Crippen LogP) is 6.47. The number of amides is 2. The van der Waals surface area contributed by atoms with Gasteiger partial charge in [0.2, 0.25) is 5.91 Å². The maximum absolute atomic E-state index is 14.5. The van der Waals surface area contributed by atoms with Crippen LogP contribution in [-0.2, 0) is 11.2 Å². The van der Waals surface area contributed by atoms with Gasteiger partial charge in [0.1, 0.15) is 17.5 Å². The first-order valence-electron chi connectivity index (χ1n) is 14.9. The Bertz CT molecular complexity index is 1690. The number of carbonyl (C=O) groups is 2. The van der Waals surface area contributed by atoms with Gasteiger partial charge in [-0.05, 0) is 72.4 Å². The van der Waals surface area contributed by atoms with Crippen LogP contribution < -0.4 is 15.5 Å². The summed E-state index contributed by atoms with van der Waals surface area (Å²) >= 11 is 0. The third-order valence-electron chi connectivity index (χ3n) is 8.70. The number of fused-ring (bicyclic) bond motifs is 3. The Hall–Kier alpha value is -4.66. The number of nitrogens with one attached hydrogen (secondary N) is 2. The van der Waals surface area contributed by atoms with Crippen LogP contribution in [0.2, 0.25) is 0 Å². The SMILES string of the molecule is CNC(=O)c1cc(-c2cccnc2[C@H](Cc2cc(F)cc(F)c2)NC(=O)CN2c3ccccc3C3CCCCC32)ccc1F. The molecule has 6 nitrogen and oxygen atoms in total. The van der Waals surface area contributed by atoms with E-state index in [1.807, 2.05) is 12.1 Å². The number of benzene rings is 3. The minimum absolute atomic E-state index is 0.0522. The van der Waals surface area contributed by atoms with Gasteiger partial charge in [-0.3, -0.25) is 14.6 Å². The second kappa shape index (κ2) is 12.5. The first kappa shape index (κ1) is 29.4. The highest BCUT2D eigenvalue weighted by Gasteiger charge is 2.40. The summed E-state index contributed by atoms with van der Waals surface area (Å²) < 4.78 is 43.0. The van der Waals surface area contributed by atoms with Crippen LogP contribution in [-0.4, -0.2) is 36.4 Å². The maximum atomic E-state index is 14.5. The molecule has 2 amide bonds. The lowest BCUT2D eigenvalue weighted by Crippen LogP contribution is -2.44. The molecular weight excluding hydrogens is 565 g/mol. The number of para-hydroxylation sites is 1. The number of hydrogen-bond acceptors (Lipinski definition) is 4. The van der Waals surface area contributed by atoms with Crippen LogP contribution in [0.25, 0.3) is 11.1 Å². The van der Waals surface area contributed by atoms with Crippen molar-refractivity contribution in [1.29, 1.82) is 0 Å². The Morgan fingerprint density at radius 1 is 0.955 bits per heavy atom. The summed E-state index contributed by atoms with van der Waals surface area (Å²) in [6.45, 7) is 0.117. The highest BCUT2D eigenvalue weighted by atomic mass is 19.1. The van der Waals surface area contributed by atoms with Crippen LogP contribution in [0.4, 0.5) is 18.9 Å². The van der Waals surface area contributed by atoms with Crippen LogP contribution in [0.15, 0.2) is 79.0 Å². The van der Waals surface area contributed by atoms with Crippen LogP contribution in [0.5, 0.6) is 0 Å². The van der Waals surface area contributed by atoms with Gasteiger partial charge in [0, 0.05) is 42.5 Å². The van der Waals surface area contributed by atoms with Gasteiger partial charge in [0.25, 0.3) is 5.91 Å². The molecule has 44 heavy (non-hydrogen) atoms. The lowest BCUT2D eigenvalue weighted by atomic mass is 9.82. The van der Waals surface area contributed by atoms with Crippen molar-refractivity contribution in [1.82, 2.24) is 15.6 Å². The number of aromatic nitrogens is 1. The van der Waals surface area contributed by atoms with Gasteiger partial charge in [-0.2, -0.15) is 0 Å². The standard InChI is InChI=1S/C35H33F3N4O2/c1-39-35(44)28-18-22(12-13-29(28)38)25-9-6-14-40-34(25)30(17-21-15-23(36)19-24(37)16-21)41-33(43)20-42-31-10-4-2-7-26(31)27-8-3-5-11-32(27)42/h2,4,6-7,9-10,12-16,18-19,27,30,32H,3,5,8,11,17,20H2,1H3,(H,39,44)(H,41,43)/t27?,30-,32?/m0/s1.